The summed E-state index contributed by atoms with van der Waals surface area (Å²) >= 11 is 1.59. The fourth-order valence-electron chi connectivity index (χ4n) is 5.31. The van der Waals surface area contributed by atoms with Gasteiger partial charge in [0.2, 0.25) is 11.8 Å². The van der Waals surface area contributed by atoms with Gasteiger partial charge in [0.15, 0.2) is 0 Å². The van der Waals surface area contributed by atoms with Crippen LogP contribution < -0.4 is 15.0 Å². The molecule has 1 fully saturated rings. The van der Waals surface area contributed by atoms with Crippen molar-refractivity contribution in [3.63, 3.8) is 0 Å². The number of amides is 2. The maximum atomic E-state index is 13.8. The van der Waals surface area contributed by atoms with Crippen molar-refractivity contribution >= 4 is 29.4 Å². The van der Waals surface area contributed by atoms with Gasteiger partial charge in [0.25, 0.3) is 0 Å². The minimum atomic E-state index is -0.314. The number of anilines is 1. The Hall–Kier alpha value is -3.30. The van der Waals surface area contributed by atoms with Gasteiger partial charge in [-0.05, 0) is 49.6 Å². The van der Waals surface area contributed by atoms with E-state index in [-0.39, 0.29) is 40.9 Å². The van der Waals surface area contributed by atoms with Crippen LogP contribution in [0.15, 0.2) is 48.5 Å². The van der Waals surface area contributed by atoms with E-state index in [1.165, 1.54) is 0 Å². The number of rotatable bonds is 7. The molecular formula is C31H38N4O4S. The predicted molar refractivity (Wildman–Crippen MR) is 159 cm³/mol. The number of nitrogens with one attached hydrogen (secondary N) is 1. The summed E-state index contributed by atoms with van der Waals surface area (Å²) in [6.45, 7) is 9.56. The van der Waals surface area contributed by atoms with E-state index in [0.29, 0.717) is 12.4 Å². The van der Waals surface area contributed by atoms with Crippen LogP contribution in [0.5, 0.6) is 5.75 Å². The van der Waals surface area contributed by atoms with E-state index in [2.05, 4.69) is 57.3 Å². The first-order valence-electron chi connectivity index (χ1n) is 13.8. The Labute approximate surface area is 240 Å². The van der Waals surface area contributed by atoms with Crippen molar-refractivity contribution < 1.29 is 19.1 Å². The Morgan fingerprint density at radius 3 is 2.62 bits per heavy atom. The SMILES string of the molecule is COc1ccc(-n2nc(C(C)(C)C)c3c2N(CC(=O)NC[C@@H]2CCCO2)C(=O)CS[C@H]3c2cccc(C)c2)cc1. The normalized spacial score (nSPS) is 19.3. The summed E-state index contributed by atoms with van der Waals surface area (Å²) < 4.78 is 12.9. The molecule has 0 radical (unpaired) electrons. The Bertz CT molecular complexity index is 1370. The first-order valence-corrected chi connectivity index (χ1v) is 14.8. The van der Waals surface area contributed by atoms with Crippen LogP contribution in [0.1, 0.15) is 61.2 Å². The van der Waals surface area contributed by atoms with E-state index in [4.69, 9.17) is 14.6 Å². The molecule has 2 atom stereocenters. The molecule has 5 rings (SSSR count). The summed E-state index contributed by atoms with van der Waals surface area (Å²) in [5, 5.41) is 8.02. The van der Waals surface area contributed by atoms with Gasteiger partial charge >= 0.3 is 0 Å². The molecule has 1 saturated heterocycles. The second kappa shape index (κ2) is 11.7. The standard InChI is InChI=1S/C31H38N4O4S/c1-20-8-6-9-21(16-20)28-27-29(31(2,3)4)33-35(22-11-13-23(38-5)14-12-22)30(27)34(26(37)19-40-28)18-25(36)32-17-24-10-7-15-39-24/h6,8-9,11-14,16,24,28H,7,10,15,17-19H2,1-5H3,(H,32,36)/t24-,28-/m0/s1. The van der Waals surface area contributed by atoms with Crippen LogP contribution in [0.4, 0.5) is 5.82 Å². The number of nitrogens with zero attached hydrogens (tertiary/aromatic N) is 3. The third-order valence-corrected chi connectivity index (χ3v) is 8.57. The van der Waals surface area contributed by atoms with Crippen LogP contribution >= 0.6 is 11.8 Å². The van der Waals surface area contributed by atoms with Crippen molar-refractivity contribution in [1.82, 2.24) is 15.1 Å². The zero-order chi connectivity index (χ0) is 28.4. The molecule has 2 aromatic carbocycles. The minimum absolute atomic E-state index is 0.0259. The zero-order valence-electron chi connectivity index (χ0n) is 23.9. The number of aryl methyl sites for hydroxylation is 1. The smallest absolute Gasteiger partial charge is 0.240 e. The number of carbonyl (C=O) groups excluding carboxylic acids is 2. The van der Waals surface area contributed by atoms with Gasteiger partial charge in [0.1, 0.15) is 18.1 Å². The second-order valence-electron chi connectivity index (χ2n) is 11.5. The minimum Gasteiger partial charge on any atom is -0.497 e. The third kappa shape index (κ3) is 5.90. The molecule has 40 heavy (non-hydrogen) atoms. The first kappa shape index (κ1) is 28.2. The molecule has 3 aromatic rings. The van der Waals surface area contributed by atoms with E-state index in [1.54, 1.807) is 23.8 Å². The number of thioether (sulfide) groups is 1. The van der Waals surface area contributed by atoms with Gasteiger partial charge in [-0.15, -0.1) is 11.8 Å². The topological polar surface area (TPSA) is 85.7 Å². The van der Waals surface area contributed by atoms with Crippen LogP contribution in [-0.4, -0.2) is 60.3 Å². The first-order chi connectivity index (χ1) is 19.2. The van der Waals surface area contributed by atoms with E-state index >= 15 is 0 Å². The maximum Gasteiger partial charge on any atom is 0.240 e. The highest BCUT2D eigenvalue weighted by Crippen LogP contribution is 2.48. The molecular weight excluding hydrogens is 524 g/mol. The summed E-state index contributed by atoms with van der Waals surface area (Å²) in [4.78, 5) is 28.7. The maximum absolute atomic E-state index is 13.8. The molecule has 8 nitrogen and oxygen atoms in total. The molecule has 3 heterocycles. The van der Waals surface area contributed by atoms with E-state index in [1.807, 2.05) is 28.9 Å². The van der Waals surface area contributed by atoms with Crippen LogP contribution in [-0.2, 0) is 19.7 Å². The van der Waals surface area contributed by atoms with Gasteiger partial charge < -0.3 is 14.8 Å². The van der Waals surface area contributed by atoms with E-state index in [9.17, 15) is 9.59 Å². The number of methoxy groups -OCH3 is 1. The quantitative estimate of drug-likeness (QED) is 0.439. The summed E-state index contributed by atoms with van der Waals surface area (Å²) in [5.74, 6) is 1.28. The average Bonchev–Trinajstić information content (AvgIpc) is 3.56. The summed E-state index contributed by atoms with van der Waals surface area (Å²) in [5.41, 5.74) is 4.61. The highest BCUT2D eigenvalue weighted by molar-refractivity contribution is 8.00. The number of aromatic nitrogens is 2. The number of hydrogen-bond acceptors (Lipinski definition) is 6. The lowest BCUT2D eigenvalue weighted by molar-refractivity contribution is -0.123. The van der Waals surface area contributed by atoms with Gasteiger partial charge in [-0.2, -0.15) is 5.10 Å². The second-order valence-corrected chi connectivity index (χ2v) is 12.6. The molecule has 0 spiro atoms. The molecule has 212 valence electrons. The van der Waals surface area contributed by atoms with Crippen molar-refractivity contribution in [2.75, 3.05) is 37.5 Å². The third-order valence-electron chi connectivity index (χ3n) is 7.31. The van der Waals surface area contributed by atoms with Crippen LogP contribution in [0.25, 0.3) is 5.69 Å². The number of carbonyl (C=O) groups is 2. The van der Waals surface area contributed by atoms with Gasteiger partial charge in [-0.3, -0.25) is 14.5 Å². The Balaban J connectivity index is 1.65. The summed E-state index contributed by atoms with van der Waals surface area (Å²) in [7, 11) is 1.63. The molecule has 2 aliphatic heterocycles. The molecule has 9 heteroatoms. The predicted octanol–water partition coefficient (Wildman–Crippen LogP) is 4.95. The lowest BCUT2D eigenvalue weighted by Crippen LogP contribution is -2.44. The van der Waals surface area contributed by atoms with Gasteiger partial charge in [0.05, 0.1) is 35.6 Å². The molecule has 1 N–H and O–H groups in total. The lowest BCUT2D eigenvalue weighted by atomic mass is 9.87. The summed E-state index contributed by atoms with van der Waals surface area (Å²) in [6.07, 6.45) is 1.96. The van der Waals surface area contributed by atoms with Crippen LogP contribution in [0.2, 0.25) is 0 Å². The van der Waals surface area contributed by atoms with Crippen molar-refractivity contribution in [3.8, 4) is 11.4 Å². The van der Waals surface area contributed by atoms with Crippen LogP contribution in [0.3, 0.4) is 0 Å². The van der Waals surface area contributed by atoms with Crippen molar-refractivity contribution in [2.45, 2.75) is 57.3 Å². The number of benzene rings is 2. The number of ether oxygens (including phenoxy) is 2. The monoisotopic (exact) mass is 562 g/mol. The zero-order valence-corrected chi connectivity index (χ0v) is 24.7. The number of hydrogen-bond donors (Lipinski definition) is 1. The average molecular weight is 563 g/mol. The highest BCUT2D eigenvalue weighted by atomic mass is 32.2. The molecule has 0 unspecified atom stereocenters. The fourth-order valence-corrected chi connectivity index (χ4v) is 6.49. The van der Waals surface area contributed by atoms with Crippen LogP contribution in [0, 0.1) is 6.92 Å². The Morgan fingerprint density at radius 1 is 1.20 bits per heavy atom. The van der Waals surface area contributed by atoms with E-state index < -0.39 is 0 Å². The van der Waals surface area contributed by atoms with Gasteiger partial charge in [0, 0.05) is 24.1 Å². The molecule has 0 bridgehead atoms. The van der Waals surface area contributed by atoms with Crippen molar-refractivity contribution in [1.29, 1.82) is 0 Å². The molecule has 2 aliphatic rings. The largest absolute Gasteiger partial charge is 0.497 e. The van der Waals surface area contributed by atoms with Gasteiger partial charge in [-0.25, -0.2) is 4.68 Å². The lowest BCUT2D eigenvalue weighted by Gasteiger charge is -2.25. The molecule has 0 saturated carbocycles. The Kier molecular flexibility index (Phi) is 8.24. The van der Waals surface area contributed by atoms with E-state index in [0.717, 1.165) is 53.3 Å². The highest BCUT2D eigenvalue weighted by Gasteiger charge is 2.40. The number of fused-ring (bicyclic) bond motifs is 1. The fraction of sp³-hybridized carbons (Fsp3) is 0.452. The summed E-state index contributed by atoms with van der Waals surface area (Å²) in [6, 6.07) is 16.0. The van der Waals surface area contributed by atoms with Crippen molar-refractivity contribution in [2.24, 2.45) is 0 Å². The van der Waals surface area contributed by atoms with Gasteiger partial charge in [-0.1, -0.05) is 50.6 Å². The molecule has 0 aliphatic carbocycles. The molecule has 1 aromatic heterocycles. The molecule has 2 amide bonds. The van der Waals surface area contributed by atoms with Crippen molar-refractivity contribution in [3.05, 3.63) is 70.9 Å². The Morgan fingerprint density at radius 2 is 1.98 bits per heavy atom.